The van der Waals surface area contributed by atoms with Gasteiger partial charge in [0.1, 0.15) is 11.9 Å². The molecule has 6 rings (SSSR count). The second-order valence-corrected chi connectivity index (χ2v) is 13.5. The van der Waals surface area contributed by atoms with Gasteiger partial charge in [0.05, 0.1) is 47.6 Å². The zero-order valence-corrected chi connectivity index (χ0v) is 28.9. The van der Waals surface area contributed by atoms with Gasteiger partial charge in [0, 0.05) is 45.0 Å². The minimum absolute atomic E-state index is 0.0283. The molecule has 0 radical (unpaired) electrons. The van der Waals surface area contributed by atoms with Crippen LogP contribution in [0.15, 0.2) is 48.8 Å². The first-order valence-corrected chi connectivity index (χ1v) is 17.5. The number of nitrogens with one attached hydrogen (secondary N) is 1. The van der Waals surface area contributed by atoms with Crippen LogP contribution in [-0.4, -0.2) is 81.0 Å². The average Bonchev–Trinajstić information content (AvgIpc) is 4.04. The molecule has 2 heterocycles. The maximum Gasteiger partial charge on any atom is 0.387 e. The summed E-state index contributed by atoms with van der Waals surface area (Å²) < 4.78 is 54.6. The Balaban J connectivity index is 1.25. The summed E-state index contributed by atoms with van der Waals surface area (Å²) in [7, 11) is 0. The summed E-state index contributed by atoms with van der Waals surface area (Å²) in [6, 6.07) is 8.99. The zero-order valence-electron chi connectivity index (χ0n) is 27.4. The number of rotatable bonds is 17. The third-order valence-electron chi connectivity index (χ3n) is 8.77. The van der Waals surface area contributed by atoms with E-state index in [0.29, 0.717) is 68.2 Å². The lowest BCUT2D eigenvalue weighted by molar-refractivity contribution is -0.0515. The molecule has 2 aromatic carbocycles. The van der Waals surface area contributed by atoms with Gasteiger partial charge in [0.15, 0.2) is 11.5 Å². The van der Waals surface area contributed by atoms with Gasteiger partial charge in [-0.25, -0.2) is 4.79 Å². The second kappa shape index (κ2) is 17.0. The fourth-order valence-electron chi connectivity index (χ4n) is 5.47. The van der Waals surface area contributed by atoms with Crippen LogP contribution in [0, 0.1) is 11.8 Å². The van der Waals surface area contributed by atoms with Crippen LogP contribution in [0.5, 0.6) is 17.2 Å². The third kappa shape index (κ3) is 10.2. The number of morpholine rings is 1. The highest BCUT2D eigenvalue weighted by Crippen LogP contribution is 2.38. The number of benzene rings is 2. The molecule has 0 spiro atoms. The standard InChI is InChI=1S/C36H39Cl2F2N3O7/c37-28-18-41-19-29(38)26(28)17-32(24-5-8-31(50-36(39)40)33(16-24)48-21-23-3-4-23)49-35(45)25-6-7-30(47-20-22-1-2-22)27(15-25)34(44)42-9-10-43-11-13-46-14-12-43/h5-8,15-16,18-19,22-23,32,36H,1-4,9-14,17,20-21H2,(H,42,44)/t32-/m0/s1. The van der Waals surface area contributed by atoms with Crippen LogP contribution in [0.1, 0.15) is 63.6 Å². The average molecular weight is 735 g/mol. The van der Waals surface area contributed by atoms with Gasteiger partial charge in [-0.15, -0.1) is 0 Å². The Labute approximate surface area is 299 Å². The number of aromatic nitrogens is 1. The quantitative estimate of drug-likeness (QED) is 0.150. The highest BCUT2D eigenvalue weighted by molar-refractivity contribution is 6.35. The normalized spacial score (nSPS) is 16.9. The summed E-state index contributed by atoms with van der Waals surface area (Å²) in [6.45, 7) is 1.70. The van der Waals surface area contributed by atoms with Crippen LogP contribution >= 0.6 is 23.2 Å². The first-order chi connectivity index (χ1) is 24.2. The molecule has 1 atom stereocenters. The molecular formula is C36H39Cl2F2N3O7. The zero-order chi connectivity index (χ0) is 35.0. The van der Waals surface area contributed by atoms with Gasteiger partial charge in [0.25, 0.3) is 5.91 Å². The summed E-state index contributed by atoms with van der Waals surface area (Å²) in [6.07, 6.45) is 6.00. The summed E-state index contributed by atoms with van der Waals surface area (Å²) in [5.41, 5.74) is 1.23. The van der Waals surface area contributed by atoms with E-state index >= 15 is 0 Å². The smallest absolute Gasteiger partial charge is 0.387 e. The van der Waals surface area contributed by atoms with Crippen LogP contribution < -0.4 is 19.5 Å². The lowest BCUT2D eigenvalue weighted by atomic mass is 10.0. The number of alkyl halides is 2. The number of nitrogens with zero attached hydrogens (tertiary/aromatic N) is 2. The van der Waals surface area contributed by atoms with Crippen molar-refractivity contribution in [1.29, 1.82) is 0 Å². The van der Waals surface area contributed by atoms with Crippen molar-refractivity contribution in [3.05, 3.63) is 81.1 Å². The monoisotopic (exact) mass is 733 g/mol. The van der Waals surface area contributed by atoms with E-state index < -0.39 is 18.7 Å². The number of hydrogen-bond acceptors (Lipinski definition) is 9. The first kappa shape index (κ1) is 36.1. The van der Waals surface area contributed by atoms with Crippen LogP contribution in [0.25, 0.3) is 0 Å². The van der Waals surface area contributed by atoms with Gasteiger partial charge in [-0.05, 0) is 79.0 Å². The third-order valence-corrected chi connectivity index (χ3v) is 9.42. The highest BCUT2D eigenvalue weighted by atomic mass is 35.5. The van der Waals surface area contributed by atoms with Gasteiger partial charge < -0.3 is 29.0 Å². The molecule has 2 aliphatic carbocycles. The minimum Gasteiger partial charge on any atom is -0.492 e. The number of esters is 1. The molecule has 10 nitrogen and oxygen atoms in total. The van der Waals surface area contributed by atoms with Crippen molar-refractivity contribution >= 4 is 35.1 Å². The largest absolute Gasteiger partial charge is 0.492 e. The van der Waals surface area contributed by atoms with Crippen LogP contribution in [-0.2, 0) is 15.9 Å². The van der Waals surface area contributed by atoms with Crippen molar-refractivity contribution in [1.82, 2.24) is 15.2 Å². The lowest BCUT2D eigenvalue weighted by Crippen LogP contribution is -2.41. The van der Waals surface area contributed by atoms with Gasteiger partial charge in [-0.2, -0.15) is 8.78 Å². The summed E-state index contributed by atoms with van der Waals surface area (Å²) in [5, 5.41) is 3.47. The van der Waals surface area contributed by atoms with E-state index in [1.54, 1.807) is 12.1 Å². The summed E-state index contributed by atoms with van der Waals surface area (Å²) >= 11 is 12.9. The maximum absolute atomic E-state index is 13.8. The SMILES string of the molecule is O=C(O[C@@H](Cc1c(Cl)cncc1Cl)c1ccc(OC(F)F)c(OCC2CC2)c1)c1ccc(OCC2CC2)c(C(=O)NCCN2CCOCC2)c1. The molecule has 2 saturated carbocycles. The van der Waals surface area contributed by atoms with Crippen molar-refractivity contribution in [2.24, 2.45) is 11.8 Å². The number of carbonyl (C=O) groups is 2. The fourth-order valence-corrected chi connectivity index (χ4v) is 5.99. The predicted molar refractivity (Wildman–Crippen MR) is 182 cm³/mol. The molecule has 3 aliphatic rings. The Bertz CT molecular complexity index is 1630. The van der Waals surface area contributed by atoms with Gasteiger partial charge in [-0.1, -0.05) is 29.3 Å². The molecule has 50 heavy (non-hydrogen) atoms. The number of carbonyl (C=O) groups excluding carboxylic acids is 2. The van der Waals surface area contributed by atoms with Gasteiger partial charge >= 0.3 is 12.6 Å². The van der Waals surface area contributed by atoms with Crippen molar-refractivity contribution in [2.45, 2.75) is 44.8 Å². The minimum atomic E-state index is -3.06. The molecule has 14 heteroatoms. The number of amides is 1. The number of pyridine rings is 1. The van der Waals surface area contributed by atoms with E-state index in [1.807, 2.05) is 0 Å². The Morgan fingerprint density at radius 3 is 2.24 bits per heavy atom. The Kier molecular flexibility index (Phi) is 12.3. The predicted octanol–water partition coefficient (Wildman–Crippen LogP) is 6.77. The van der Waals surface area contributed by atoms with Crippen molar-refractivity contribution in [3.8, 4) is 17.2 Å². The van der Waals surface area contributed by atoms with E-state index in [0.717, 1.165) is 38.8 Å². The van der Waals surface area contributed by atoms with E-state index in [-0.39, 0.29) is 45.0 Å². The molecule has 1 aliphatic heterocycles. The van der Waals surface area contributed by atoms with E-state index in [9.17, 15) is 18.4 Å². The molecule has 1 amide bonds. The van der Waals surface area contributed by atoms with Gasteiger partial charge in [-0.3, -0.25) is 14.7 Å². The van der Waals surface area contributed by atoms with Crippen molar-refractivity contribution in [3.63, 3.8) is 0 Å². The molecule has 0 unspecified atom stereocenters. The van der Waals surface area contributed by atoms with Gasteiger partial charge in [0.2, 0.25) is 0 Å². The molecule has 3 aromatic rings. The van der Waals surface area contributed by atoms with Crippen LogP contribution in [0.4, 0.5) is 8.78 Å². The van der Waals surface area contributed by atoms with E-state index in [4.69, 9.17) is 46.9 Å². The molecule has 268 valence electrons. The van der Waals surface area contributed by atoms with Crippen molar-refractivity contribution in [2.75, 3.05) is 52.6 Å². The number of halogens is 4. The summed E-state index contributed by atoms with van der Waals surface area (Å²) in [5.74, 6) is -0.00526. The fraction of sp³-hybridized carbons (Fsp3) is 0.472. The lowest BCUT2D eigenvalue weighted by Gasteiger charge is -2.26. The molecule has 0 bridgehead atoms. The maximum atomic E-state index is 13.8. The molecule has 3 fully saturated rings. The highest BCUT2D eigenvalue weighted by Gasteiger charge is 2.28. The second-order valence-electron chi connectivity index (χ2n) is 12.7. The van der Waals surface area contributed by atoms with Crippen molar-refractivity contribution < 1.29 is 42.1 Å². The Morgan fingerprint density at radius 1 is 0.920 bits per heavy atom. The van der Waals surface area contributed by atoms with E-state index in [1.165, 1.54) is 36.7 Å². The Hall–Kier alpha value is -3.71. The molecule has 1 saturated heterocycles. The number of hydrogen-bond donors (Lipinski definition) is 1. The molecule has 1 N–H and O–H groups in total. The molecular weight excluding hydrogens is 695 g/mol. The van der Waals surface area contributed by atoms with Crippen LogP contribution in [0.2, 0.25) is 10.0 Å². The summed E-state index contributed by atoms with van der Waals surface area (Å²) in [4.78, 5) is 33.5. The van der Waals surface area contributed by atoms with E-state index in [2.05, 4.69) is 15.2 Å². The Morgan fingerprint density at radius 2 is 1.58 bits per heavy atom. The van der Waals surface area contributed by atoms with Crippen LogP contribution in [0.3, 0.4) is 0 Å². The topological polar surface area (TPSA) is 108 Å². The number of ether oxygens (including phenoxy) is 5. The molecule has 1 aromatic heterocycles. The first-order valence-electron chi connectivity index (χ1n) is 16.8.